The van der Waals surface area contributed by atoms with Crippen molar-refractivity contribution in [3.63, 3.8) is 0 Å². The van der Waals surface area contributed by atoms with Crippen molar-refractivity contribution >= 4 is 11.6 Å². The Kier molecular flexibility index (Phi) is 3.89. The van der Waals surface area contributed by atoms with E-state index in [4.69, 9.17) is 22.1 Å². The highest BCUT2D eigenvalue weighted by atomic mass is 35.5. The van der Waals surface area contributed by atoms with Gasteiger partial charge in [0.05, 0.1) is 17.4 Å². The first-order valence-electron chi connectivity index (χ1n) is 5.81. The number of benzene rings is 1. The summed E-state index contributed by atoms with van der Waals surface area (Å²) in [6.07, 6.45) is 3.51. The average Bonchev–Trinajstić information content (AvgIpc) is 2.80. The maximum absolute atomic E-state index is 6.12. The maximum Gasteiger partial charge on any atom is 0.165 e. The zero-order valence-electron chi connectivity index (χ0n) is 10.4. The Hall–Kier alpha value is -1.52. The number of nitrogens with two attached hydrogens (primary N) is 1. The van der Waals surface area contributed by atoms with Crippen molar-refractivity contribution in [3.05, 3.63) is 41.2 Å². The van der Waals surface area contributed by atoms with Crippen molar-refractivity contribution in [1.82, 2.24) is 9.78 Å². The highest BCUT2D eigenvalue weighted by Gasteiger charge is 2.10. The van der Waals surface area contributed by atoms with Gasteiger partial charge in [-0.2, -0.15) is 5.10 Å². The van der Waals surface area contributed by atoms with Crippen LogP contribution in [0.3, 0.4) is 0 Å². The van der Waals surface area contributed by atoms with Crippen LogP contribution < -0.4 is 10.5 Å². The van der Waals surface area contributed by atoms with Crippen LogP contribution in [0.25, 0.3) is 0 Å². The third kappa shape index (κ3) is 2.66. The van der Waals surface area contributed by atoms with Crippen molar-refractivity contribution in [2.24, 2.45) is 5.73 Å². The average molecular weight is 266 g/mol. The lowest BCUT2D eigenvalue weighted by molar-refractivity contribution is 0.471. The number of nitrogens with zero attached hydrogens (tertiary/aromatic N) is 2. The van der Waals surface area contributed by atoms with Gasteiger partial charge in [-0.3, -0.25) is 4.68 Å². The quantitative estimate of drug-likeness (QED) is 0.922. The largest absolute Gasteiger partial charge is 0.452 e. The molecule has 2 rings (SSSR count). The van der Waals surface area contributed by atoms with Gasteiger partial charge < -0.3 is 10.5 Å². The monoisotopic (exact) mass is 265 g/mol. The lowest BCUT2D eigenvalue weighted by Gasteiger charge is -2.10. The van der Waals surface area contributed by atoms with Crippen molar-refractivity contribution < 1.29 is 4.74 Å². The van der Waals surface area contributed by atoms with Gasteiger partial charge in [-0.25, -0.2) is 0 Å². The van der Waals surface area contributed by atoms with Crippen LogP contribution in [-0.4, -0.2) is 9.78 Å². The maximum atomic E-state index is 6.12. The first-order chi connectivity index (χ1) is 8.61. The topological polar surface area (TPSA) is 53.1 Å². The molecule has 4 nitrogen and oxygen atoms in total. The molecule has 0 saturated heterocycles. The minimum absolute atomic E-state index is 0.294. The van der Waals surface area contributed by atoms with Gasteiger partial charge in [-0.1, -0.05) is 23.7 Å². The van der Waals surface area contributed by atoms with Gasteiger partial charge in [0.1, 0.15) is 0 Å². The fraction of sp³-hybridized carbons (Fsp3) is 0.308. The van der Waals surface area contributed by atoms with E-state index in [-0.39, 0.29) is 0 Å². The number of para-hydroxylation sites is 1. The van der Waals surface area contributed by atoms with E-state index < -0.39 is 0 Å². The molecule has 2 aromatic rings. The van der Waals surface area contributed by atoms with E-state index in [1.165, 1.54) is 0 Å². The standard InChI is InChI=1S/C13H16ClN3O/c1-9(2)17-8-11(7-16-17)18-13-10(6-15)4-3-5-12(13)14/h3-5,7-9H,6,15H2,1-2H3. The van der Waals surface area contributed by atoms with Crippen molar-refractivity contribution in [2.45, 2.75) is 26.4 Å². The first-order valence-corrected chi connectivity index (χ1v) is 6.19. The number of ether oxygens (including phenoxy) is 1. The molecule has 96 valence electrons. The van der Waals surface area contributed by atoms with Gasteiger partial charge in [0.2, 0.25) is 0 Å². The van der Waals surface area contributed by atoms with E-state index in [9.17, 15) is 0 Å². The summed E-state index contributed by atoms with van der Waals surface area (Å²) in [5.41, 5.74) is 6.54. The number of hydrogen-bond donors (Lipinski definition) is 1. The smallest absolute Gasteiger partial charge is 0.165 e. The molecule has 0 aliphatic carbocycles. The van der Waals surface area contributed by atoms with Crippen LogP contribution in [-0.2, 0) is 6.54 Å². The fourth-order valence-electron chi connectivity index (χ4n) is 1.60. The van der Waals surface area contributed by atoms with Gasteiger partial charge in [0, 0.05) is 18.2 Å². The van der Waals surface area contributed by atoms with E-state index in [2.05, 4.69) is 18.9 Å². The van der Waals surface area contributed by atoms with Crippen LogP contribution in [0.2, 0.25) is 5.02 Å². The van der Waals surface area contributed by atoms with Gasteiger partial charge in [-0.05, 0) is 19.9 Å². The molecule has 0 radical (unpaired) electrons. The van der Waals surface area contributed by atoms with Crippen molar-refractivity contribution in [1.29, 1.82) is 0 Å². The fourth-order valence-corrected chi connectivity index (χ4v) is 1.83. The molecule has 2 N–H and O–H groups in total. The molecular formula is C13H16ClN3O. The van der Waals surface area contributed by atoms with Crippen LogP contribution >= 0.6 is 11.6 Å². The summed E-state index contributed by atoms with van der Waals surface area (Å²) in [4.78, 5) is 0. The van der Waals surface area contributed by atoms with Crippen LogP contribution in [0.4, 0.5) is 0 Å². The molecule has 0 bridgehead atoms. The third-order valence-electron chi connectivity index (χ3n) is 2.60. The van der Waals surface area contributed by atoms with E-state index in [0.29, 0.717) is 29.1 Å². The van der Waals surface area contributed by atoms with Gasteiger partial charge >= 0.3 is 0 Å². The molecular weight excluding hydrogens is 250 g/mol. The molecule has 18 heavy (non-hydrogen) atoms. The second-order valence-corrected chi connectivity index (χ2v) is 4.69. The van der Waals surface area contributed by atoms with Gasteiger partial charge in [0.15, 0.2) is 11.5 Å². The molecule has 1 aromatic heterocycles. The summed E-state index contributed by atoms with van der Waals surface area (Å²) in [7, 11) is 0. The Morgan fingerprint density at radius 3 is 2.83 bits per heavy atom. The molecule has 0 aliphatic heterocycles. The second kappa shape index (κ2) is 5.42. The predicted molar refractivity (Wildman–Crippen MR) is 72.0 cm³/mol. The van der Waals surface area contributed by atoms with E-state index in [1.807, 2.05) is 23.0 Å². The van der Waals surface area contributed by atoms with Crippen molar-refractivity contribution in [3.8, 4) is 11.5 Å². The van der Waals surface area contributed by atoms with Crippen LogP contribution in [0.5, 0.6) is 11.5 Å². The van der Waals surface area contributed by atoms with Gasteiger partial charge in [-0.15, -0.1) is 0 Å². The molecule has 0 fully saturated rings. The van der Waals surface area contributed by atoms with E-state index >= 15 is 0 Å². The Bertz CT molecular complexity index is 537. The van der Waals surface area contributed by atoms with E-state index in [1.54, 1.807) is 12.3 Å². The first kappa shape index (κ1) is 12.9. The summed E-state index contributed by atoms with van der Waals surface area (Å²) in [6.45, 7) is 4.49. The SMILES string of the molecule is CC(C)n1cc(Oc2c(Cl)cccc2CN)cn1. The minimum atomic E-state index is 0.294. The normalized spacial score (nSPS) is 10.9. The minimum Gasteiger partial charge on any atom is -0.452 e. The number of halogens is 1. The summed E-state index contributed by atoms with van der Waals surface area (Å²) in [5, 5.41) is 4.77. The van der Waals surface area contributed by atoms with Gasteiger partial charge in [0.25, 0.3) is 0 Å². The zero-order chi connectivity index (χ0) is 13.1. The van der Waals surface area contributed by atoms with E-state index in [0.717, 1.165) is 5.56 Å². The Morgan fingerprint density at radius 2 is 2.22 bits per heavy atom. The molecule has 0 amide bonds. The summed E-state index contributed by atoms with van der Waals surface area (Å²) in [5.74, 6) is 1.26. The zero-order valence-corrected chi connectivity index (χ0v) is 11.2. The van der Waals surface area contributed by atoms with Crippen LogP contribution in [0.15, 0.2) is 30.6 Å². The Morgan fingerprint density at radius 1 is 1.44 bits per heavy atom. The number of hydrogen-bond acceptors (Lipinski definition) is 3. The molecule has 1 aromatic carbocycles. The van der Waals surface area contributed by atoms with Crippen LogP contribution in [0.1, 0.15) is 25.5 Å². The predicted octanol–water partition coefficient (Wildman–Crippen LogP) is 3.37. The van der Waals surface area contributed by atoms with Crippen LogP contribution in [0, 0.1) is 0 Å². The molecule has 0 atom stereocenters. The summed E-state index contributed by atoms with van der Waals surface area (Å²) >= 11 is 6.12. The lowest BCUT2D eigenvalue weighted by Crippen LogP contribution is -2.00. The molecule has 0 unspecified atom stereocenters. The molecule has 0 aliphatic rings. The number of aromatic nitrogens is 2. The number of rotatable bonds is 4. The molecule has 0 saturated carbocycles. The summed E-state index contributed by atoms with van der Waals surface area (Å²) in [6, 6.07) is 5.83. The molecule has 5 heteroatoms. The molecule has 0 spiro atoms. The highest BCUT2D eigenvalue weighted by molar-refractivity contribution is 6.32. The molecule has 1 heterocycles. The Balaban J connectivity index is 2.27. The second-order valence-electron chi connectivity index (χ2n) is 4.28. The highest BCUT2D eigenvalue weighted by Crippen LogP contribution is 2.32. The van der Waals surface area contributed by atoms with Crippen molar-refractivity contribution in [2.75, 3.05) is 0 Å². The summed E-state index contributed by atoms with van der Waals surface area (Å²) < 4.78 is 7.59. The lowest BCUT2D eigenvalue weighted by atomic mass is 10.2. The Labute approximate surface area is 111 Å². The third-order valence-corrected chi connectivity index (χ3v) is 2.89.